The summed E-state index contributed by atoms with van der Waals surface area (Å²) < 4.78 is 3.37. The molecule has 18 heavy (non-hydrogen) atoms. The van der Waals surface area contributed by atoms with Crippen LogP contribution in [0.15, 0.2) is 18.6 Å². The average Bonchev–Trinajstić information content (AvgIpc) is 2.82. The zero-order chi connectivity index (χ0) is 13.1. The van der Waals surface area contributed by atoms with E-state index >= 15 is 0 Å². The summed E-state index contributed by atoms with van der Waals surface area (Å²) in [7, 11) is 1.87. The lowest BCUT2D eigenvalue weighted by Crippen LogP contribution is -2.27. The first kappa shape index (κ1) is 12.3. The van der Waals surface area contributed by atoms with E-state index < -0.39 is 0 Å². The van der Waals surface area contributed by atoms with Crippen LogP contribution in [0.25, 0.3) is 0 Å². The van der Waals surface area contributed by atoms with Gasteiger partial charge in [-0.1, -0.05) is 0 Å². The molecule has 1 amide bonds. The molecule has 6 nitrogen and oxygen atoms in total. The molecule has 0 bridgehead atoms. The normalized spacial score (nSPS) is 10.6. The lowest BCUT2D eigenvalue weighted by molar-refractivity contribution is -0.122. The molecule has 2 aromatic heterocycles. The van der Waals surface area contributed by atoms with E-state index in [0.29, 0.717) is 6.54 Å². The van der Waals surface area contributed by atoms with Crippen molar-refractivity contribution in [3.05, 3.63) is 35.4 Å². The summed E-state index contributed by atoms with van der Waals surface area (Å²) in [5.41, 5.74) is 3.01. The third-order valence-electron chi connectivity index (χ3n) is 2.66. The Hall–Kier alpha value is -2.11. The molecule has 0 aliphatic rings. The van der Waals surface area contributed by atoms with E-state index in [2.05, 4.69) is 15.5 Å². The number of aromatic nitrogens is 4. The number of amides is 1. The summed E-state index contributed by atoms with van der Waals surface area (Å²) >= 11 is 0. The first-order chi connectivity index (χ1) is 8.54. The van der Waals surface area contributed by atoms with E-state index in [1.165, 1.54) is 0 Å². The largest absolute Gasteiger partial charge is 0.350 e. The highest BCUT2D eigenvalue weighted by Crippen LogP contribution is 2.03. The van der Waals surface area contributed by atoms with Crippen molar-refractivity contribution in [3.8, 4) is 0 Å². The number of hydrogen-bond donors (Lipinski definition) is 1. The molecule has 2 aromatic rings. The second-order valence-corrected chi connectivity index (χ2v) is 4.41. The highest BCUT2D eigenvalue weighted by molar-refractivity contribution is 5.75. The lowest BCUT2D eigenvalue weighted by Gasteiger charge is -2.04. The molecule has 0 fully saturated rings. The molecule has 96 valence electrons. The first-order valence-corrected chi connectivity index (χ1v) is 5.79. The maximum atomic E-state index is 11.7. The SMILES string of the molecule is Cc1cnn(CC(=O)NCc2cn(C)nc2C)c1. The highest BCUT2D eigenvalue weighted by atomic mass is 16.2. The van der Waals surface area contributed by atoms with Crippen LogP contribution in [0, 0.1) is 13.8 Å². The molecular weight excluding hydrogens is 230 g/mol. The van der Waals surface area contributed by atoms with Gasteiger partial charge in [-0.3, -0.25) is 14.2 Å². The fraction of sp³-hybridized carbons (Fsp3) is 0.417. The molecule has 1 N–H and O–H groups in total. The van der Waals surface area contributed by atoms with Crippen molar-refractivity contribution >= 4 is 5.91 Å². The third-order valence-corrected chi connectivity index (χ3v) is 2.66. The van der Waals surface area contributed by atoms with E-state index in [4.69, 9.17) is 0 Å². The van der Waals surface area contributed by atoms with Gasteiger partial charge in [0, 0.05) is 31.5 Å². The van der Waals surface area contributed by atoms with E-state index in [1.54, 1.807) is 15.6 Å². The van der Waals surface area contributed by atoms with Gasteiger partial charge < -0.3 is 5.32 Å². The van der Waals surface area contributed by atoms with Gasteiger partial charge in [0.25, 0.3) is 0 Å². The van der Waals surface area contributed by atoms with Crippen LogP contribution in [-0.2, 0) is 24.9 Å². The molecule has 0 aliphatic heterocycles. The van der Waals surface area contributed by atoms with Crippen molar-refractivity contribution in [2.24, 2.45) is 7.05 Å². The standard InChI is InChI=1S/C12H17N5O/c1-9-4-14-17(6-9)8-12(18)13-5-11-7-16(3)15-10(11)2/h4,6-7H,5,8H2,1-3H3,(H,13,18). The fourth-order valence-electron chi connectivity index (χ4n) is 1.77. The Kier molecular flexibility index (Phi) is 3.45. The maximum Gasteiger partial charge on any atom is 0.241 e. The number of rotatable bonds is 4. The second-order valence-electron chi connectivity index (χ2n) is 4.41. The van der Waals surface area contributed by atoms with Crippen molar-refractivity contribution in [1.82, 2.24) is 24.9 Å². The van der Waals surface area contributed by atoms with Crippen molar-refractivity contribution in [2.75, 3.05) is 0 Å². The predicted molar refractivity (Wildman–Crippen MR) is 66.8 cm³/mol. The quantitative estimate of drug-likeness (QED) is 0.858. The number of carbonyl (C=O) groups excluding carboxylic acids is 1. The van der Waals surface area contributed by atoms with E-state index in [-0.39, 0.29) is 12.5 Å². The summed E-state index contributed by atoms with van der Waals surface area (Å²) in [6.45, 7) is 4.62. The van der Waals surface area contributed by atoms with Crippen LogP contribution in [-0.4, -0.2) is 25.5 Å². The van der Waals surface area contributed by atoms with Gasteiger partial charge in [-0.15, -0.1) is 0 Å². The van der Waals surface area contributed by atoms with Crippen molar-refractivity contribution < 1.29 is 4.79 Å². The smallest absolute Gasteiger partial charge is 0.241 e. The van der Waals surface area contributed by atoms with Crippen molar-refractivity contribution in [1.29, 1.82) is 0 Å². The molecule has 0 spiro atoms. The zero-order valence-electron chi connectivity index (χ0n) is 10.8. The average molecular weight is 247 g/mol. The van der Waals surface area contributed by atoms with Gasteiger partial charge in [0.15, 0.2) is 0 Å². The molecule has 0 atom stereocenters. The van der Waals surface area contributed by atoms with Gasteiger partial charge in [0.1, 0.15) is 6.54 Å². The van der Waals surface area contributed by atoms with Crippen LogP contribution in [0.1, 0.15) is 16.8 Å². The number of carbonyl (C=O) groups is 1. The summed E-state index contributed by atoms with van der Waals surface area (Å²) in [6.07, 6.45) is 5.49. The minimum Gasteiger partial charge on any atom is -0.350 e. The summed E-state index contributed by atoms with van der Waals surface area (Å²) in [5, 5.41) is 11.2. The van der Waals surface area contributed by atoms with Crippen molar-refractivity contribution in [3.63, 3.8) is 0 Å². The Morgan fingerprint density at radius 3 is 2.72 bits per heavy atom. The van der Waals surface area contributed by atoms with E-state index in [0.717, 1.165) is 16.8 Å². The van der Waals surface area contributed by atoms with Crippen molar-refractivity contribution in [2.45, 2.75) is 26.9 Å². The first-order valence-electron chi connectivity index (χ1n) is 5.79. The molecule has 0 radical (unpaired) electrons. The minimum absolute atomic E-state index is 0.0543. The lowest BCUT2D eigenvalue weighted by atomic mass is 10.2. The minimum atomic E-state index is -0.0543. The summed E-state index contributed by atoms with van der Waals surface area (Å²) in [6, 6.07) is 0. The zero-order valence-corrected chi connectivity index (χ0v) is 10.8. The number of hydrogen-bond acceptors (Lipinski definition) is 3. The molecule has 0 saturated carbocycles. The topological polar surface area (TPSA) is 64.7 Å². The highest BCUT2D eigenvalue weighted by Gasteiger charge is 2.06. The summed E-state index contributed by atoms with van der Waals surface area (Å²) in [4.78, 5) is 11.7. The van der Waals surface area contributed by atoms with Gasteiger partial charge >= 0.3 is 0 Å². The summed E-state index contributed by atoms with van der Waals surface area (Å²) in [5.74, 6) is -0.0543. The van der Waals surface area contributed by atoms with Crippen LogP contribution < -0.4 is 5.32 Å². The molecule has 0 saturated heterocycles. The number of nitrogens with zero attached hydrogens (tertiary/aromatic N) is 4. The van der Waals surface area contributed by atoms with Crippen LogP contribution in [0.5, 0.6) is 0 Å². The molecule has 2 rings (SSSR count). The van der Waals surface area contributed by atoms with Gasteiger partial charge in [-0.25, -0.2) is 0 Å². The predicted octanol–water partition coefficient (Wildman–Crippen LogP) is 0.550. The van der Waals surface area contributed by atoms with Gasteiger partial charge in [-0.05, 0) is 19.4 Å². The van der Waals surface area contributed by atoms with Gasteiger partial charge in [-0.2, -0.15) is 10.2 Å². The van der Waals surface area contributed by atoms with E-state index in [1.807, 2.05) is 33.3 Å². The Balaban J connectivity index is 1.87. The third kappa shape index (κ3) is 2.97. The second kappa shape index (κ2) is 5.03. The fourth-order valence-corrected chi connectivity index (χ4v) is 1.77. The number of aryl methyl sites for hydroxylation is 3. The van der Waals surface area contributed by atoms with Gasteiger partial charge in [0.05, 0.1) is 11.9 Å². The monoisotopic (exact) mass is 247 g/mol. The molecule has 0 aromatic carbocycles. The van der Waals surface area contributed by atoms with Gasteiger partial charge in [0.2, 0.25) is 5.91 Å². The Morgan fingerprint density at radius 2 is 2.17 bits per heavy atom. The molecule has 2 heterocycles. The molecule has 0 aliphatic carbocycles. The maximum absolute atomic E-state index is 11.7. The molecule has 0 unspecified atom stereocenters. The molecule has 6 heteroatoms. The molecular formula is C12H17N5O. The van der Waals surface area contributed by atoms with Crippen LogP contribution in [0.3, 0.4) is 0 Å². The Morgan fingerprint density at radius 1 is 1.39 bits per heavy atom. The number of nitrogens with one attached hydrogen (secondary N) is 1. The Bertz CT molecular complexity index is 555. The van der Waals surface area contributed by atoms with E-state index in [9.17, 15) is 4.79 Å². The van der Waals surface area contributed by atoms with Crippen LogP contribution >= 0.6 is 0 Å². The Labute approximate surface area is 106 Å². The van der Waals surface area contributed by atoms with Crippen LogP contribution in [0.2, 0.25) is 0 Å². The van der Waals surface area contributed by atoms with Crippen LogP contribution in [0.4, 0.5) is 0 Å².